The second-order valence-corrected chi connectivity index (χ2v) is 6.92. The van der Waals surface area contributed by atoms with E-state index < -0.39 is 0 Å². The topological polar surface area (TPSA) is 29.9 Å². The lowest BCUT2D eigenvalue weighted by Gasteiger charge is -2.05. The van der Waals surface area contributed by atoms with Crippen LogP contribution in [0.3, 0.4) is 0 Å². The van der Waals surface area contributed by atoms with E-state index in [2.05, 4.69) is 72.1 Å². The fraction of sp³-hybridized carbons (Fsp3) is 0.130. The van der Waals surface area contributed by atoms with Crippen LogP contribution >= 0.6 is 0 Å². The van der Waals surface area contributed by atoms with Gasteiger partial charge >= 0.3 is 0 Å². The van der Waals surface area contributed by atoms with Gasteiger partial charge in [-0.15, -0.1) is 0 Å². The Balaban J connectivity index is 1.96. The summed E-state index contributed by atoms with van der Waals surface area (Å²) in [6.45, 7) is 4.13. The van der Waals surface area contributed by atoms with Gasteiger partial charge in [0.1, 0.15) is 23.9 Å². The van der Waals surface area contributed by atoms with Crippen LogP contribution in [0.5, 0.6) is 0 Å². The zero-order chi connectivity index (χ0) is 17.8. The molecule has 2 aromatic heterocycles. The summed E-state index contributed by atoms with van der Waals surface area (Å²) < 4.78 is 8.49. The molecule has 0 bridgehead atoms. The van der Waals surface area contributed by atoms with Gasteiger partial charge in [-0.05, 0) is 36.2 Å². The molecule has 3 nitrogen and oxygen atoms in total. The fourth-order valence-corrected chi connectivity index (χ4v) is 3.90. The van der Waals surface area contributed by atoms with E-state index in [1.54, 1.807) is 0 Å². The van der Waals surface area contributed by atoms with Crippen molar-refractivity contribution < 1.29 is 8.98 Å². The molecule has 0 unspecified atom stereocenters. The highest BCUT2D eigenvalue weighted by molar-refractivity contribution is 6.20. The molecule has 0 saturated heterocycles. The first-order valence-electron chi connectivity index (χ1n) is 8.80. The Hall–Kier alpha value is -3.20. The number of aryl methyl sites for hydroxylation is 3. The summed E-state index contributed by atoms with van der Waals surface area (Å²) in [7, 11) is 2.06. The third kappa shape index (κ3) is 2.07. The van der Waals surface area contributed by atoms with E-state index in [-0.39, 0.29) is 0 Å². The molecule has 2 heterocycles. The van der Waals surface area contributed by atoms with Crippen molar-refractivity contribution in [2.24, 2.45) is 7.05 Å². The Labute approximate surface area is 151 Å². The van der Waals surface area contributed by atoms with Crippen LogP contribution in [0.4, 0.5) is 0 Å². The molecule has 0 atom stereocenters. The average Bonchev–Trinajstić information content (AvgIpc) is 3.01. The molecule has 0 radical (unpaired) electrons. The number of fused-ring (bicyclic) bond motifs is 5. The number of nitrogens with zero attached hydrogens (tertiary/aromatic N) is 2. The van der Waals surface area contributed by atoms with Crippen molar-refractivity contribution in [1.29, 1.82) is 0 Å². The first kappa shape index (κ1) is 15.1. The molecule has 0 aliphatic heterocycles. The standard InChI is InChI=1S/C23H19N2O/c1-14-8-10-18-22-17-7-5-4-6-16(17)9-11-20(22)26-23(18)21(14)19-12-24-15(2)13-25(19)3/h4-13H,1-3H3/q+1. The third-order valence-corrected chi connectivity index (χ3v) is 5.15. The fourth-order valence-electron chi connectivity index (χ4n) is 3.90. The van der Waals surface area contributed by atoms with Crippen molar-refractivity contribution >= 4 is 32.7 Å². The molecule has 0 amide bonds. The molecule has 3 heteroatoms. The molecule has 0 spiro atoms. The second kappa shape index (κ2) is 5.40. The third-order valence-electron chi connectivity index (χ3n) is 5.15. The van der Waals surface area contributed by atoms with Crippen molar-refractivity contribution in [3.8, 4) is 11.3 Å². The predicted molar refractivity (Wildman–Crippen MR) is 105 cm³/mol. The van der Waals surface area contributed by atoms with Crippen LogP contribution in [0.15, 0.2) is 65.3 Å². The molecule has 5 rings (SSSR count). The van der Waals surface area contributed by atoms with Crippen LogP contribution in [0, 0.1) is 13.8 Å². The Bertz CT molecular complexity index is 1310. The van der Waals surface area contributed by atoms with Crippen molar-refractivity contribution in [2.75, 3.05) is 0 Å². The van der Waals surface area contributed by atoms with Crippen LogP contribution < -0.4 is 4.57 Å². The molecular formula is C23H19N2O+. The maximum Gasteiger partial charge on any atom is 0.234 e. The number of hydrogen-bond acceptors (Lipinski definition) is 2. The van der Waals surface area contributed by atoms with Gasteiger partial charge in [0.25, 0.3) is 0 Å². The van der Waals surface area contributed by atoms with E-state index in [9.17, 15) is 0 Å². The summed E-state index contributed by atoms with van der Waals surface area (Å²) in [4.78, 5) is 4.51. The Morgan fingerprint density at radius 2 is 1.77 bits per heavy atom. The van der Waals surface area contributed by atoms with Crippen LogP contribution in [0.25, 0.3) is 44.0 Å². The molecule has 126 valence electrons. The molecule has 0 N–H and O–H groups in total. The summed E-state index contributed by atoms with van der Waals surface area (Å²) in [6, 6.07) is 17.0. The van der Waals surface area contributed by atoms with Gasteiger partial charge in [0.05, 0.1) is 11.8 Å². The summed E-state index contributed by atoms with van der Waals surface area (Å²) in [5, 5.41) is 4.79. The SMILES string of the molecule is Cc1c[n+](C)c(-c2c(C)ccc3c2oc2ccc4ccccc4c23)cn1. The van der Waals surface area contributed by atoms with Gasteiger partial charge in [-0.2, -0.15) is 4.57 Å². The average molecular weight is 339 g/mol. The van der Waals surface area contributed by atoms with E-state index in [1.807, 2.05) is 19.3 Å². The van der Waals surface area contributed by atoms with Crippen LogP contribution in [0.2, 0.25) is 0 Å². The van der Waals surface area contributed by atoms with E-state index in [0.29, 0.717) is 0 Å². The highest BCUT2D eigenvalue weighted by Crippen LogP contribution is 2.39. The monoisotopic (exact) mass is 339 g/mol. The maximum absolute atomic E-state index is 6.37. The molecule has 3 aromatic carbocycles. The number of aromatic nitrogens is 2. The normalized spacial score (nSPS) is 11.7. The molecule has 0 aliphatic rings. The van der Waals surface area contributed by atoms with Crippen molar-refractivity contribution in [2.45, 2.75) is 13.8 Å². The predicted octanol–water partition coefficient (Wildman–Crippen LogP) is 5.24. The lowest BCUT2D eigenvalue weighted by molar-refractivity contribution is -0.661. The minimum atomic E-state index is 0.924. The summed E-state index contributed by atoms with van der Waals surface area (Å²) in [5.41, 5.74) is 6.20. The van der Waals surface area contributed by atoms with E-state index in [0.717, 1.165) is 33.5 Å². The van der Waals surface area contributed by atoms with Gasteiger partial charge in [0.15, 0.2) is 6.20 Å². The minimum absolute atomic E-state index is 0.924. The smallest absolute Gasteiger partial charge is 0.234 e. The molecule has 0 aliphatic carbocycles. The first-order valence-corrected chi connectivity index (χ1v) is 8.80. The maximum atomic E-state index is 6.37. The molecule has 26 heavy (non-hydrogen) atoms. The van der Waals surface area contributed by atoms with Gasteiger partial charge in [-0.1, -0.05) is 42.5 Å². The van der Waals surface area contributed by atoms with Crippen LogP contribution in [-0.2, 0) is 7.05 Å². The van der Waals surface area contributed by atoms with Gasteiger partial charge in [0.2, 0.25) is 5.69 Å². The number of furan rings is 1. The largest absolute Gasteiger partial charge is 0.455 e. The molecule has 5 aromatic rings. The Kier molecular flexibility index (Phi) is 3.13. The summed E-state index contributed by atoms with van der Waals surface area (Å²) in [5.74, 6) is 0. The number of rotatable bonds is 1. The molecule has 0 fully saturated rings. The van der Waals surface area contributed by atoms with Crippen LogP contribution in [0.1, 0.15) is 11.3 Å². The highest BCUT2D eigenvalue weighted by atomic mass is 16.3. The Morgan fingerprint density at radius 1 is 0.923 bits per heavy atom. The van der Waals surface area contributed by atoms with Crippen molar-refractivity contribution in [3.05, 3.63) is 72.2 Å². The summed E-state index contributed by atoms with van der Waals surface area (Å²) >= 11 is 0. The number of benzene rings is 3. The van der Waals surface area contributed by atoms with Crippen LogP contribution in [-0.4, -0.2) is 4.98 Å². The van der Waals surface area contributed by atoms with E-state index in [4.69, 9.17) is 4.42 Å². The lowest BCUT2D eigenvalue weighted by atomic mass is 9.99. The van der Waals surface area contributed by atoms with Gasteiger partial charge in [-0.3, -0.25) is 0 Å². The first-order chi connectivity index (χ1) is 12.6. The quantitative estimate of drug-likeness (QED) is 0.391. The molecular weight excluding hydrogens is 320 g/mol. The zero-order valence-electron chi connectivity index (χ0n) is 15.1. The highest BCUT2D eigenvalue weighted by Gasteiger charge is 2.21. The van der Waals surface area contributed by atoms with Crippen molar-refractivity contribution in [3.63, 3.8) is 0 Å². The van der Waals surface area contributed by atoms with E-state index in [1.165, 1.54) is 21.7 Å². The van der Waals surface area contributed by atoms with E-state index >= 15 is 0 Å². The Morgan fingerprint density at radius 3 is 2.62 bits per heavy atom. The number of hydrogen-bond donors (Lipinski definition) is 0. The lowest BCUT2D eigenvalue weighted by Crippen LogP contribution is -2.31. The van der Waals surface area contributed by atoms with Gasteiger partial charge < -0.3 is 4.42 Å². The van der Waals surface area contributed by atoms with Gasteiger partial charge in [-0.25, -0.2) is 4.98 Å². The van der Waals surface area contributed by atoms with Crippen molar-refractivity contribution in [1.82, 2.24) is 4.98 Å². The zero-order valence-corrected chi connectivity index (χ0v) is 15.1. The van der Waals surface area contributed by atoms with Gasteiger partial charge in [0, 0.05) is 10.8 Å². The minimum Gasteiger partial charge on any atom is -0.455 e. The second-order valence-electron chi connectivity index (χ2n) is 6.92. The summed E-state index contributed by atoms with van der Waals surface area (Å²) in [6.07, 6.45) is 3.98. The molecule has 0 saturated carbocycles.